The highest BCUT2D eigenvalue weighted by Crippen LogP contribution is 2.43. The summed E-state index contributed by atoms with van der Waals surface area (Å²) in [5, 5.41) is -0.244. The first-order valence-electron chi connectivity index (χ1n) is 5.85. The summed E-state index contributed by atoms with van der Waals surface area (Å²) >= 11 is 0. The van der Waals surface area contributed by atoms with Gasteiger partial charge < -0.3 is 10.6 Å². The fourth-order valence-electron chi connectivity index (χ4n) is 2.15. The van der Waals surface area contributed by atoms with Gasteiger partial charge in [-0.25, -0.2) is 13.1 Å². The summed E-state index contributed by atoms with van der Waals surface area (Å²) in [6.07, 6.45) is 2.84. The maximum absolute atomic E-state index is 12.0. The predicted octanol–water partition coefficient (Wildman–Crippen LogP) is -0.651. The molecule has 0 aromatic rings. The predicted molar refractivity (Wildman–Crippen MR) is 63.5 cm³/mol. The van der Waals surface area contributed by atoms with E-state index in [0.717, 1.165) is 25.8 Å². The second-order valence-electron chi connectivity index (χ2n) is 5.24. The van der Waals surface area contributed by atoms with Crippen LogP contribution in [0.3, 0.4) is 0 Å². The Balaban J connectivity index is 1.88. The van der Waals surface area contributed by atoms with Gasteiger partial charge in [-0.05, 0) is 44.8 Å². The van der Waals surface area contributed by atoms with Gasteiger partial charge in [0.1, 0.15) is 0 Å². The zero-order valence-corrected chi connectivity index (χ0v) is 10.6. The van der Waals surface area contributed by atoms with Gasteiger partial charge in [0.2, 0.25) is 10.0 Å². The first-order chi connectivity index (χ1) is 7.47. The maximum atomic E-state index is 12.0. The van der Waals surface area contributed by atoms with Gasteiger partial charge in [0.05, 0.1) is 5.25 Å². The molecule has 5 nitrogen and oxygen atoms in total. The number of nitrogens with zero attached hydrogens (tertiary/aromatic N) is 1. The van der Waals surface area contributed by atoms with Crippen LogP contribution in [0.5, 0.6) is 0 Å². The first-order valence-corrected chi connectivity index (χ1v) is 7.39. The van der Waals surface area contributed by atoms with Crippen LogP contribution >= 0.6 is 0 Å². The summed E-state index contributed by atoms with van der Waals surface area (Å²) < 4.78 is 26.7. The molecule has 1 unspecified atom stereocenters. The molecule has 1 saturated carbocycles. The van der Waals surface area contributed by atoms with Gasteiger partial charge in [-0.2, -0.15) is 0 Å². The van der Waals surface area contributed by atoms with Crippen molar-refractivity contribution in [1.82, 2.24) is 9.62 Å². The van der Waals surface area contributed by atoms with E-state index in [2.05, 4.69) is 9.62 Å². The van der Waals surface area contributed by atoms with E-state index >= 15 is 0 Å². The molecular formula is C10H21N3O2S. The van der Waals surface area contributed by atoms with E-state index < -0.39 is 10.0 Å². The van der Waals surface area contributed by atoms with E-state index in [-0.39, 0.29) is 10.7 Å². The standard InChI is InChI=1S/C10H21N3O2S/c1-13-5-2-9(6-13)16(14,15)12-8-10(7-11)3-4-10/h9,12H,2-8,11H2,1H3. The Morgan fingerprint density at radius 1 is 1.50 bits per heavy atom. The van der Waals surface area contributed by atoms with Crippen molar-refractivity contribution in [2.75, 3.05) is 33.2 Å². The van der Waals surface area contributed by atoms with E-state index in [1.54, 1.807) is 0 Å². The topological polar surface area (TPSA) is 75.4 Å². The molecule has 0 amide bonds. The molecule has 0 spiro atoms. The first kappa shape index (κ1) is 12.3. The molecule has 1 aliphatic heterocycles. The molecule has 2 fully saturated rings. The molecule has 0 aromatic heterocycles. The van der Waals surface area contributed by atoms with Crippen molar-refractivity contribution in [3.63, 3.8) is 0 Å². The molecule has 0 radical (unpaired) electrons. The van der Waals surface area contributed by atoms with Crippen molar-refractivity contribution in [2.24, 2.45) is 11.1 Å². The van der Waals surface area contributed by atoms with Gasteiger partial charge in [0, 0.05) is 13.1 Å². The molecule has 1 heterocycles. The molecule has 2 rings (SSSR count). The number of likely N-dealkylation sites (tertiary alicyclic amines) is 1. The maximum Gasteiger partial charge on any atom is 0.215 e. The Labute approximate surface area is 97.4 Å². The monoisotopic (exact) mass is 247 g/mol. The molecule has 16 heavy (non-hydrogen) atoms. The average molecular weight is 247 g/mol. The summed E-state index contributed by atoms with van der Waals surface area (Å²) in [7, 11) is -1.19. The van der Waals surface area contributed by atoms with E-state index in [1.165, 1.54) is 0 Å². The van der Waals surface area contributed by atoms with Crippen LogP contribution in [0.4, 0.5) is 0 Å². The lowest BCUT2D eigenvalue weighted by atomic mass is 10.1. The van der Waals surface area contributed by atoms with Gasteiger partial charge in [0.25, 0.3) is 0 Å². The lowest BCUT2D eigenvalue weighted by molar-refractivity contribution is 0.416. The van der Waals surface area contributed by atoms with Crippen molar-refractivity contribution in [1.29, 1.82) is 0 Å². The molecule has 0 bridgehead atoms. The van der Waals surface area contributed by atoms with Gasteiger partial charge in [-0.3, -0.25) is 0 Å². The lowest BCUT2D eigenvalue weighted by Crippen LogP contribution is -2.40. The molecule has 3 N–H and O–H groups in total. The van der Waals surface area contributed by atoms with E-state index in [4.69, 9.17) is 5.73 Å². The van der Waals surface area contributed by atoms with Crippen LogP contribution in [0, 0.1) is 5.41 Å². The fraction of sp³-hybridized carbons (Fsp3) is 1.00. The van der Waals surface area contributed by atoms with Crippen LogP contribution in [-0.4, -0.2) is 51.8 Å². The highest BCUT2D eigenvalue weighted by atomic mass is 32.2. The minimum atomic E-state index is -3.14. The molecule has 1 saturated heterocycles. The molecule has 6 heteroatoms. The molecule has 1 atom stereocenters. The van der Waals surface area contributed by atoms with Crippen LogP contribution in [0.15, 0.2) is 0 Å². The number of hydrogen-bond donors (Lipinski definition) is 2. The van der Waals surface area contributed by atoms with Crippen LogP contribution in [0.1, 0.15) is 19.3 Å². The third kappa shape index (κ3) is 2.56. The van der Waals surface area contributed by atoms with Crippen molar-refractivity contribution in [2.45, 2.75) is 24.5 Å². The molecule has 2 aliphatic rings. The minimum Gasteiger partial charge on any atom is -0.330 e. The number of rotatable bonds is 5. The number of nitrogens with one attached hydrogen (secondary N) is 1. The van der Waals surface area contributed by atoms with Crippen LogP contribution < -0.4 is 10.5 Å². The van der Waals surface area contributed by atoms with Gasteiger partial charge in [-0.15, -0.1) is 0 Å². The fourth-order valence-corrected chi connectivity index (χ4v) is 3.76. The van der Waals surface area contributed by atoms with Crippen molar-refractivity contribution < 1.29 is 8.42 Å². The SMILES string of the molecule is CN1CCC(S(=O)(=O)NCC2(CN)CC2)C1. The van der Waals surface area contributed by atoms with Crippen molar-refractivity contribution >= 4 is 10.0 Å². The number of hydrogen-bond acceptors (Lipinski definition) is 4. The molecular weight excluding hydrogens is 226 g/mol. The zero-order valence-electron chi connectivity index (χ0n) is 9.78. The second-order valence-corrected chi connectivity index (χ2v) is 7.29. The minimum absolute atomic E-state index is 0.0670. The Hall–Kier alpha value is -0.170. The average Bonchev–Trinajstić information content (AvgIpc) is 2.91. The summed E-state index contributed by atoms with van der Waals surface area (Å²) in [5.41, 5.74) is 5.70. The normalized spacial score (nSPS) is 29.5. The van der Waals surface area contributed by atoms with E-state index in [1.807, 2.05) is 7.05 Å². The Morgan fingerprint density at radius 3 is 2.62 bits per heavy atom. The Bertz CT molecular complexity index is 351. The second kappa shape index (κ2) is 4.25. The van der Waals surface area contributed by atoms with Crippen LogP contribution in [-0.2, 0) is 10.0 Å². The highest BCUT2D eigenvalue weighted by Gasteiger charge is 2.42. The van der Waals surface area contributed by atoms with E-state index in [0.29, 0.717) is 19.6 Å². The summed E-state index contributed by atoms with van der Waals surface area (Å²) in [6.45, 7) is 2.62. The summed E-state index contributed by atoms with van der Waals surface area (Å²) in [4.78, 5) is 2.06. The number of sulfonamides is 1. The highest BCUT2D eigenvalue weighted by molar-refractivity contribution is 7.90. The molecule has 0 aromatic carbocycles. The van der Waals surface area contributed by atoms with Crippen molar-refractivity contribution in [3.8, 4) is 0 Å². The Kier molecular flexibility index (Phi) is 3.27. The third-order valence-electron chi connectivity index (χ3n) is 3.83. The Morgan fingerprint density at radius 2 is 2.19 bits per heavy atom. The molecule has 94 valence electrons. The van der Waals surface area contributed by atoms with Gasteiger partial charge in [-0.1, -0.05) is 0 Å². The quantitative estimate of drug-likeness (QED) is 0.677. The number of nitrogens with two attached hydrogens (primary N) is 1. The van der Waals surface area contributed by atoms with Gasteiger partial charge in [0.15, 0.2) is 0 Å². The van der Waals surface area contributed by atoms with Gasteiger partial charge >= 0.3 is 0 Å². The smallest absolute Gasteiger partial charge is 0.215 e. The lowest BCUT2D eigenvalue weighted by Gasteiger charge is -2.17. The third-order valence-corrected chi connectivity index (χ3v) is 5.63. The van der Waals surface area contributed by atoms with E-state index in [9.17, 15) is 8.42 Å². The van der Waals surface area contributed by atoms with Crippen molar-refractivity contribution in [3.05, 3.63) is 0 Å². The van der Waals surface area contributed by atoms with Crippen LogP contribution in [0.25, 0.3) is 0 Å². The van der Waals surface area contributed by atoms with Crippen LogP contribution in [0.2, 0.25) is 0 Å². The molecule has 1 aliphatic carbocycles. The largest absolute Gasteiger partial charge is 0.330 e. The summed E-state index contributed by atoms with van der Waals surface area (Å²) in [5.74, 6) is 0. The zero-order chi connectivity index (χ0) is 11.8. The summed E-state index contributed by atoms with van der Waals surface area (Å²) in [6, 6.07) is 0.